The molecule has 0 aromatic heterocycles. The lowest BCUT2D eigenvalue weighted by Gasteiger charge is -2.14. The Morgan fingerprint density at radius 3 is 2.22 bits per heavy atom. The second-order valence-corrected chi connectivity index (χ2v) is 4.85. The number of hydrogen-bond acceptors (Lipinski definition) is 2. The predicted octanol–water partition coefficient (Wildman–Crippen LogP) is 2.04. The van der Waals surface area contributed by atoms with Crippen molar-refractivity contribution >= 4 is 11.9 Å². The second-order valence-electron chi connectivity index (χ2n) is 4.85. The van der Waals surface area contributed by atoms with Crippen molar-refractivity contribution in [1.29, 1.82) is 0 Å². The SMILES string of the molecule is CC(C)Cc1ccc(C(=O)N(C)CC(=O)O)cc1. The number of likely N-dealkylation sites (N-methyl/N-ethyl adjacent to an activating group) is 1. The van der Waals surface area contributed by atoms with Crippen molar-refractivity contribution in [3.63, 3.8) is 0 Å². The van der Waals surface area contributed by atoms with Crippen molar-refractivity contribution < 1.29 is 14.7 Å². The van der Waals surface area contributed by atoms with Crippen molar-refractivity contribution in [1.82, 2.24) is 4.90 Å². The Bertz CT molecular complexity index is 423. The van der Waals surface area contributed by atoms with Crippen molar-refractivity contribution in [2.45, 2.75) is 20.3 Å². The van der Waals surface area contributed by atoms with Crippen molar-refractivity contribution in [3.05, 3.63) is 35.4 Å². The van der Waals surface area contributed by atoms with Crippen LogP contribution in [-0.4, -0.2) is 35.5 Å². The van der Waals surface area contributed by atoms with E-state index in [1.807, 2.05) is 12.1 Å². The van der Waals surface area contributed by atoms with E-state index < -0.39 is 5.97 Å². The highest BCUT2D eigenvalue weighted by atomic mass is 16.4. The maximum Gasteiger partial charge on any atom is 0.323 e. The van der Waals surface area contributed by atoms with Crippen LogP contribution in [0.15, 0.2) is 24.3 Å². The predicted molar refractivity (Wildman–Crippen MR) is 69.6 cm³/mol. The van der Waals surface area contributed by atoms with Gasteiger partial charge < -0.3 is 10.0 Å². The van der Waals surface area contributed by atoms with E-state index in [4.69, 9.17) is 5.11 Å². The summed E-state index contributed by atoms with van der Waals surface area (Å²) < 4.78 is 0. The average Bonchev–Trinajstić information content (AvgIpc) is 2.27. The number of benzene rings is 1. The molecule has 4 nitrogen and oxygen atoms in total. The molecular formula is C14H19NO3. The van der Waals surface area contributed by atoms with Crippen molar-refractivity contribution in [3.8, 4) is 0 Å². The maximum atomic E-state index is 11.9. The first kappa shape index (κ1) is 14.2. The van der Waals surface area contributed by atoms with Gasteiger partial charge in [0.05, 0.1) is 0 Å². The summed E-state index contributed by atoms with van der Waals surface area (Å²) in [6.45, 7) is 3.99. The van der Waals surface area contributed by atoms with Gasteiger partial charge in [-0.1, -0.05) is 26.0 Å². The number of hydrogen-bond donors (Lipinski definition) is 1. The standard InChI is InChI=1S/C14H19NO3/c1-10(2)8-11-4-6-12(7-5-11)14(18)15(3)9-13(16)17/h4-7,10H,8-9H2,1-3H3,(H,16,17). The number of amides is 1. The molecule has 1 N–H and O–H groups in total. The van der Waals surface area contributed by atoms with Gasteiger partial charge in [-0.05, 0) is 30.0 Å². The van der Waals surface area contributed by atoms with E-state index in [0.717, 1.165) is 6.42 Å². The van der Waals surface area contributed by atoms with Gasteiger partial charge in [-0.3, -0.25) is 9.59 Å². The molecule has 1 rings (SSSR count). The molecule has 0 aliphatic heterocycles. The van der Waals surface area contributed by atoms with E-state index in [-0.39, 0.29) is 12.5 Å². The molecule has 0 aliphatic rings. The summed E-state index contributed by atoms with van der Waals surface area (Å²) in [6.07, 6.45) is 0.972. The van der Waals surface area contributed by atoms with Crippen LogP contribution in [0.4, 0.5) is 0 Å². The maximum absolute atomic E-state index is 11.9. The van der Waals surface area contributed by atoms with Crippen LogP contribution in [0.5, 0.6) is 0 Å². The van der Waals surface area contributed by atoms with E-state index in [1.54, 1.807) is 12.1 Å². The number of carboxylic acid groups (broad SMARTS) is 1. The van der Waals surface area contributed by atoms with Crippen molar-refractivity contribution in [2.24, 2.45) is 5.92 Å². The lowest BCUT2D eigenvalue weighted by Crippen LogP contribution is -2.31. The lowest BCUT2D eigenvalue weighted by atomic mass is 10.0. The van der Waals surface area contributed by atoms with Crippen LogP contribution in [-0.2, 0) is 11.2 Å². The summed E-state index contributed by atoms with van der Waals surface area (Å²) in [7, 11) is 1.48. The molecule has 0 radical (unpaired) electrons. The van der Waals surface area contributed by atoms with Crippen LogP contribution in [0.3, 0.4) is 0 Å². The first-order valence-electron chi connectivity index (χ1n) is 5.96. The molecule has 0 fully saturated rings. The minimum absolute atomic E-state index is 0.270. The van der Waals surface area contributed by atoms with Gasteiger partial charge in [-0.2, -0.15) is 0 Å². The van der Waals surface area contributed by atoms with Crippen LogP contribution in [0.2, 0.25) is 0 Å². The summed E-state index contributed by atoms with van der Waals surface area (Å²) in [5.41, 5.74) is 1.70. The normalized spacial score (nSPS) is 10.4. The molecule has 1 amide bonds. The first-order chi connectivity index (χ1) is 8.40. The van der Waals surface area contributed by atoms with Crippen LogP contribution in [0.1, 0.15) is 29.8 Å². The molecule has 0 saturated heterocycles. The molecule has 0 bridgehead atoms. The topological polar surface area (TPSA) is 57.6 Å². The number of carbonyl (C=O) groups excluding carboxylic acids is 1. The third-order valence-electron chi connectivity index (χ3n) is 2.56. The van der Waals surface area contributed by atoms with Crippen LogP contribution >= 0.6 is 0 Å². The van der Waals surface area contributed by atoms with E-state index in [9.17, 15) is 9.59 Å². The fraction of sp³-hybridized carbons (Fsp3) is 0.429. The molecule has 0 atom stereocenters. The number of rotatable bonds is 5. The minimum atomic E-state index is -1.01. The monoisotopic (exact) mass is 249 g/mol. The number of carbonyl (C=O) groups is 2. The molecule has 1 aromatic rings. The highest BCUT2D eigenvalue weighted by molar-refractivity contribution is 5.95. The molecule has 18 heavy (non-hydrogen) atoms. The van der Waals surface area contributed by atoms with Crippen LogP contribution in [0, 0.1) is 5.92 Å². The molecule has 4 heteroatoms. The molecule has 0 unspecified atom stereocenters. The summed E-state index contributed by atoms with van der Waals surface area (Å²) in [5, 5.41) is 8.63. The van der Waals surface area contributed by atoms with Gasteiger partial charge in [0.1, 0.15) is 6.54 Å². The number of nitrogens with zero attached hydrogens (tertiary/aromatic N) is 1. The average molecular weight is 249 g/mol. The number of carboxylic acids is 1. The number of aliphatic carboxylic acids is 1. The van der Waals surface area contributed by atoms with Gasteiger partial charge in [0.2, 0.25) is 0 Å². The largest absolute Gasteiger partial charge is 0.480 e. The Balaban J connectivity index is 2.72. The fourth-order valence-electron chi connectivity index (χ4n) is 1.75. The third kappa shape index (κ3) is 4.20. The van der Waals surface area contributed by atoms with E-state index in [1.165, 1.54) is 17.5 Å². The van der Waals surface area contributed by atoms with Gasteiger partial charge in [0, 0.05) is 12.6 Å². The van der Waals surface area contributed by atoms with E-state index >= 15 is 0 Å². The van der Waals surface area contributed by atoms with Gasteiger partial charge in [0.25, 0.3) is 5.91 Å². The van der Waals surface area contributed by atoms with Gasteiger partial charge >= 0.3 is 5.97 Å². The second kappa shape index (κ2) is 6.19. The van der Waals surface area contributed by atoms with Gasteiger partial charge in [-0.25, -0.2) is 0 Å². The Hall–Kier alpha value is -1.84. The quantitative estimate of drug-likeness (QED) is 0.868. The molecule has 0 saturated carbocycles. The Labute approximate surface area is 107 Å². The summed E-state index contributed by atoms with van der Waals surface area (Å²) >= 11 is 0. The van der Waals surface area contributed by atoms with Crippen LogP contribution < -0.4 is 0 Å². The van der Waals surface area contributed by atoms with E-state index in [2.05, 4.69) is 13.8 Å². The van der Waals surface area contributed by atoms with Crippen molar-refractivity contribution in [2.75, 3.05) is 13.6 Å². The molecule has 0 aliphatic carbocycles. The zero-order valence-corrected chi connectivity index (χ0v) is 11.0. The molecule has 98 valence electrons. The Morgan fingerprint density at radius 2 is 1.78 bits per heavy atom. The highest BCUT2D eigenvalue weighted by Gasteiger charge is 2.14. The van der Waals surface area contributed by atoms with Gasteiger partial charge in [0.15, 0.2) is 0 Å². The molecule has 1 aromatic carbocycles. The zero-order chi connectivity index (χ0) is 13.7. The minimum Gasteiger partial charge on any atom is -0.480 e. The Kier molecular flexibility index (Phi) is 4.89. The zero-order valence-electron chi connectivity index (χ0n) is 11.0. The molecule has 0 heterocycles. The van der Waals surface area contributed by atoms with Gasteiger partial charge in [-0.15, -0.1) is 0 Å². The third-order valence-corrected chi connectivity index (χ3v) is 2.56. The highest BCUT2D eigenvalue weighted by Crippen LogP contribution is 2.11. The first-order valence-corrected chi connectivity index (χ1v) is 5.96. The molecule has 0 spiro atoms. The summed E-state index contributed by atoms with van der Waals surface area (Å²) in [6, 6.07) is 7.33. The lowest BCUT2D eigenvalue weighted by molar-refractivity contribution is -0.137. The fourth-order valence-corrected chi connectivity index (χ4v) is 1.75. The smallest absolute Gasteiger partial charge is 0.323 e. The van der Waals surface area contributed by atoms with E-state index in [0.29, 0.717) is 11.5 Å². The summed E-state index contributed by atoms with van der Waals surface area (Å²) in [4.78, 5) is 23.6. The van der Waals surface area contributed by atoms with Crippen LogP contribution in [0.25, 0.3) is 0 Å². The Morgan fingerprint density at radius 1 is 1.22 bits per heavy atom. The summed E-state index contributed by atoms with van der Waals surface area (Å²) in [5.74, 6) is -0.711. The molecular weight excluding hydrogens is 230 g/mol.